The lowest BCUT2D eigenvalue weighted by atomic mass is 9.85. The van der Waals surface area contributed by atoms with Gasteiger partial charge in [-0.1, -0.05) is 35.3 Å². The van der Waals surface area contributed by atoms with E-state index in [2.05, 4.69) is 20.4 Å². The average molecular weight is 489 g/mol. The number of aromatic amines is 4. The van der Waals surface area contributed by atoms with Gasteiger partial charge in [-0.05, 0) is 43.7 Å². The molecule has 10 heteroatoms. The van der Waals surface area contributed by atoms with Gasteiger partial charge in [-0.15, -0.1) is 0 Å². The van der Waals surface area contributed by atoms with Crippen LogP contribution in [0.25, 0.3) is 0 Å². The molecule has 0 bridgehead atoms. The number of ether oxygens (including phenoxy) is 2. The Hall–Kier alpha value is -3.36. The summed E-state index contributed by atoms with van der Waals surface area (Å²) in [5, 5.41) is 11.9. The zero-order chi connectivity index (χ0) is 23.7. The van der Waals surface area contributed by atoms with Crippen molar-refractivity contribution in [1.29, 1.82) is 0 Å². The third kappa shape index (κ3) is 4.31. The van der Waals surface area contributed by atoms with Gasteiger partial charge in [0.2, 0.25) is 0 Å². The molecule has 0 unspecified atom stereocenters. The van der Waals surface area contributed by atoms with Crippen LogP contribution in [0.4, 0.5) is 0 Å². The van der Waals surface area contributed by atoms with E-state index in [1.807, 2.05) is 0 Å². The molecule has 0 fully saturated rings. The summed E-state index contributed by atoms with van der Waals surface area (Å²) in [4.78, 5) is 25.3. The van der Waals surface area contributed by atoms with Gasteiger partial charge in [0, 0.05) is 32.9 Å². The first-order valence-corrected chi connectivity index (χ1v) is 10.8. The van der Waals surface area contributed by atoms with Gasteiger partial charge in [0.15, 0.2) is 11.5 Å². The van der Waals surface area contributed by atoms with E-state index in [1.54, 1.807) is 50.2 Å². The van der Waals surface area contributed by atoms with Crippen LogP contribution in [0.3, 0.4) is 0 Å². The predicted octanol–water partition coefficient (Wildman–Crippen LogP) is 4.41. The van der Waals surface area contributed by atoms with Crippen molar-refractivity contribution in [1.82, 2.24) is 20.4 Å². The minimum Gasteiger partial charge on any atom is -0.493 e. The van der Waals surface area contributed by atoms with Gasteiger partial charge < -0.3 is 19.7 Å². The Morgan fingerprint density at radius 1 is 0.848 bits per heavy atom. The van der Waals surface area contributed by atoms with Crippen molar-refractivity contribution < 1.29 is 9.47 Å². The number of methoxy groups -OCH3 is 1. The number of benzene rings is 2. The highest BCUT2D eigenvalue weighted by atomic mass is 35.5. The highest BCUT2D eigenvalue weighted by Crippen LogP contribution is 2.37. The molecule has 2 aromatic carbocycles. The van der Waals surface area contributed by atoms with Crippen molar-refractivity contribution in [2.24, 2.45) is 0 Å². The number of hydrogen-bond acceptors (Lipinski definition) is 4. The van der Waals surface area contributed by atoms with Crippen molar-refractivity contribution in [3.05, 3.63) is 101 Å². The standard InChI is InChI=1S/C23H22Cl2N4O4/c1-11-19(22(30)28-26-11)21(20-12(2)27-29-23(20)31)13-7-8-17(18(9-13)32-3)33-10-14-15(24)5-4-6-16(14)25/h4-9,21H,10H2,1-3H3,(H2,26,28,30)(H2,27,29,31). The van der Waals surface area contributed by atoms with Gasteiger partial charge in [0.25, 0.3) is 11.1 Å². The van der Waals surface area contributed by atoms with E-state index in [0.717, 1.165) is 0 Å². The molecule has 2 aromatic heterocycles. The maximum atomic E-state index is 12.6. The molecule has 8 nitrogen and oxygen atoms in total. The molecule has 0 aliphatic rings. The molecule has 0 saturated heterocycles. The molecule has 33 heavy (non-hydrogen) atoms. The van der Waals surface area contributed by atoms with Crippen molar-refractivity contribution >= 4 is 23.2 Å². The lowest BCUT2D eigenvalue weighted by molar-refractivity contribution is 0.284. The van der Waals surface area contributed by atoms with Crippen LogP contribution in [0.5, 0.6) is 11.5 Å². The van der Waals surface area contributed by atoms with Crippen LogP contribution in [-0.4, -0.2) is 27.5 Å². The second kappa shape index (κ2) is 9.25. The SMILES string of the molecule is COc1cc(C(c2c(C)[nH][nH]c2=O)c2c(C)[nH][nH]c2=O)ccc1OCc1c(Cl)cccc1Cl. The summed E-state index contributed by atoms with van der Waals surface area (Å²) < 4.78 is 11.5. The molecule has 0 aliphatic heterocycles. The summed E-state index contributed by atoms with van der Waals surface area (Å²) in [7, 11) is 1.52. The smallest absolute Gasteiger partial charge is 0.268 e. The summed E-state index contributed by atoms with van der Waals surface area (Å²) in [6.45, 7) is 3.70. The van der Waals surface area contributed by atoms with E-state index in [0.29, 0.717) is 55.2 Å². The Morgan fingerprint density at radius 2 is 1.42 bits per heavy atom. The molecule has 0 spiro atoms. The van der Waals surface area contributed by atoms with Crippen LogP contribution in [0.15, 0.2) is 46.0 Å². The fourth-order valence-electron chi connectivity index (χ4n) is 3.89. The summed E-state index contributed by atoms with van der Waals surface area (Å²) in [6, 6.07) is 10.5. The Morgan fingerprint density at radius 3 is 1.91 bits per heavy atom. The molecule has 0 saturated carbocycles. The van der Waals surface area contributed by atoms with Crippen molar-refractivity contribution in [2.75, 3.05) is 7.11 Å². The average Bonchev–Trinajstić information content (AvgIpc) is 3.30. The number of aryl methyl sites for hydroxylation is 2. The van der Waals surface area contributed by atoms with Gasteiger partial charge in [-0.2, -0.15) is 0 Å². The topological polar surface area (TPSA) is 116 Å². The van der Waals surface area contributed by atoms with Crippen LogP contribution < -0.4 is 20.6 Å². The first-order valence-electron chi connectivity index (χ1n) is 10.1. The van der Waals surface area contributed by atoms with Crippen LogP contribution in [0.2, 0.25) is 10.0 Å². The summed E-state index contributed by atoms with van der Waals surface area (Å²) >= 11 is 12.5. The largest absolute Gasteiger partial charge is 0.493 e. The molecule has 2 heterocycles. The quantitative estimate of drug-likeness (QED) is 0.308. The molecular formula is C23H22Cl2N4O4. The Kier molecular flexibility index (Phi) is 6.40. The van der Waals surface area contributed by atoms with Gasteiger partial charge >= 0.3 is 0 Å². The molecule has 4 rings (SSSR count). The minimum atomic E-state index is -0.629. The van der Waals surface area contributed by atoms with Crippen molar-refractivity contribution in [3.8, 4) is 11.5 Å². The third-order valence-electron chi connectivity index (χ3n) is 5.56. The van der Waals surface area contributed by atoms with Crippen LogP contribution in [0.1, 0.15) is 39.6 Å². The van der Waals surface area contributed by atoms with E-state index in [1.165, 1.54) is 7.11 Å². The first-order chi connectivity index (χ1) is 15.8. The normalized spacial score (nSPS) is 11.2. The van der Waals surface area contributed by atoms with Crippen molar-refractivity contribution in [3.63, 3.8) is 0 Å². The van der Waals surface area contributed by atoms with E-state index >= 15 is 0 Å². The number of nitrogens with one attached hydrogen (secondary N) is 4. The Bertz CT molecular complexity index is 1340. The number of aromatic nitrogens is 4. The van der Waals surface area contributed by atoms with Gasteiger partial charge in [0.1, 0.15) is 6.61 Å². The highest BCUT2D eigenvalue weighted by Gasteiger charge is 2.29. The number of H-pyrrole nitrogens is 4. The maximum absolute atomic E-state index is 12.6. The minimum absolute atomic E-state index is 0.144. The second-order valence-corrected chi connectivity index (χ2v) is 8.38. The van der Waals surface area contributed by atoms with Gasteiger partial charge in [-0.25, -0.2) is 0 Å². The van der Waals surface area contributed by atoms with E-state index in [-0.39, 0.29) is 17.7 Å². The Labute approximate surface area is 198 Å². The second-order valence-electron chi connectivity index (χ2n) is 7.57. The molecule has 4 aromatic rings. The lowest BCUT2D eigenvalue weighted by Gasteiger charge is -2.19. The van der Waals surface area contributed by atoms with Crippen LogP contribution in [0, 0.1) is 13.8 Å². The maximum Gasteiger partial charge on any atom is 0.268 e. The molecule has 172 valence electrons. The highest BCUT2D eigenvalue weighted by molar-refractivity contribution is 6.35. The van der Waals surface area contributed by atoms with Crippen LogP contribution in [-0.2, 0) is 6.61 Å². The zero-order valence-electron chi connectivity index (χ0n) is 18.1. The molecule has 0 radical (unpaired) electrons. The van der Waals surface area contributed by atoms with Gasteiger partial charge in [0.05, 0.1) is 18.2 Å². The monoisotopic (exact) mass is 488 g/mol. The molecular weight excluding hydrogens is 467 g/mol. The summed E-state index contributed by atoms with van der Waals surface area (Å²) in [5.41, 5.74) is 2.92. The van der Waals surface area contributed by atoms with Crippen LogP contribution >= 0.6 is 23.2 Å². The number of hydrogen-bond donors (Lipinski definition) is 4. The van der Waals surface area contributed by atoms with E-state index in [4.69, 9.17) is 32.7 Å². The Balaban J connectivity index is 1.77. The first kappa shape index (κ1) is 22.8. The fraction of sp³-hybridized carbons (Fsp3) is 0.217. The molecule has 0 aliphatic carbocycles. The fourth-order valence-corrected chi connectivity index (χ4v) is 4.39. The molecule has 0 atom stereocenters. The summed E-state index contributed by atoms with van der Waals surface area (Å²) in [5.74, 6) is 0.279. The number of rotatable bonds is 7. The number of halogens is 2. The predicted molar refractivity (Wildman–Crippen MR) is 127 cm³/mol. The van der Waals surface area contributed by atoms with Crippen molar-refractivity contribution in [2.45, 2.75) is 26.4 Å². The molecule has 0 amide bonds. The van der Waals surface area contributed by atoms with Gasteiger partial charge in [-0.3, -0.25) is 19.8 Å². The summed E-state index contributed by atoms with van der Waals surface area (Å²) in [6.07, 6.45) is 0. The van der Waals surface area contributed by atoms with E-state index < -0.39 is 5.92 Å². The third-order valence-corrected chi connectivity index (χ3v) is 6.26. The lowest BCUT2D eigenvalue weighted by Crippen LogP contribution is -2.20. The zero-order valence-corrected chi connectivity index (χ0v) is 19.6. The molecule has 4 N–H and O–H groups in total. The van der Waals surface area contributed by atoms with E-state index in [9.17, 15) is 9.59 Å².